The lowest BCUT2D eigenvalue weighted by Crippen LogP contribution is -2.15. The fourth-order valence-electron chi connectivity index (χ4n) is 4.13. The Labute approximate surface area is 160 Å². The number of rotatable bonds is 4. The fraction of sp³-hybridized carbons (Fsp3) is 0.391. The lowest BCUT2D eigenvalue weighted by atomic mass is 9.92. The molecule has 0 saturated heterocycles. The van der Waals surface area contributed by atoms with Gasteiger partial charge in [-0.25, -0.2) is 4.79 Å². The van der Waals surface area contributed by atoms with Crippen molar-refractivity contribution in [3.63, 3.8) is 0 Å². The lowest BCUT2D eigenvalue weighted by Gasteiger charge is -2.21. The van der Waals surface area contributed by atoms with E-state index < -0.39 is 0 Å². The van der Waals surface area contributed by atoms with Crippen LogP contribution in [0.2, 0.25) is 0 Å². The minimum Gasteiger partial charge on any atom is -0.457 e. The smallest absolute Gasteiger partial charge is 0.338 e. The molecule has 0 unspecified atom stereocenters. The lowest BCUT2D eigenvalue weighted by molar-refractivity contribution is 0.0471. The molecule has 4 heteroatoms. The molecule has 0 bridgehead atoms. The summed E-state index contributed by atoms with van der Waals surface area (Å²) in [5, 5.41) is 3.41. The van der Waals surface area contributed by atoms with Crippen molar-refractivity contribution in [1.82, 2.24) is 0 Å². The van der Waals surface area contributed by atoms with Gasteiger partial charge in [0.05, 0.1) is 5.56 Å². The van der Waals surface area contributed by atoms with Crippen LogP contribution in [0.3, 0.4) is 0 Å². The number of fused-ring (bicyclic) bond motifs is 1. The van der Waals surface area contributed by atoms with Crippen molar-refractivity contribution in [2.24, 2.45) is 0 Å². The molecule has 0 spiro atoms. The summed E-state index contributed by atoms with van der Waals surface area (Å²) in [6, 6.07) is 5.81. The highest BCUT2D eigenvalue weighted by atomic mass is 16.5. The van der Waals surface area contributed by atoms with E-state index in [0.29, 0.717) is 5.56 Å². The SMILES string of the molecule is CC(=O)c1c(C)cc(C)c(COC(=O)c2cc(C)c3c(c2)CCCN3)c1C. The number of hydrogen-bond donors (Lipinski definition) is 1. The average Bonchev–Trinajstić information content (AvgIpc) is 2.60. The zero-order chi connectivity index (χ0) is 19.7. The molecule has 4 nitrogen and oxygen atoms in total. The summed E-state index contributed by atoms with van der Waals surface area (Å²) < 4.78 is 5.63. The number of aryl methyl sites for hydroxylation is 4. The molecule has 1 N–H and O–H groups in total. The molecule has 0 aromatic heterocycles. The zero-order valence-corrected chi connectivity index (χ0v) is 16.8. The number of carbonyl (C=O) groups is 2. The van der Waals surface area contributed by atoms with Gasteiger partial charge >= 0.3 is 5.97 Å². The first-order valence-corrected chi connectivity index (χ1v) is 9.44. The minimum atomic E-state index is -0.324. The van der Waals surface area contributed by atoms with Gasteiger partial charge < -0.3 is 10.1 Å². The van der Waals surface area contributed by atoms with Gasteiger partial charge in [-0.15, -0.1) is 0 Å². The van der Waals surface area contributed by atoms with E-state index in [9.17, 15) is 9.59 Å². The fourth-order valence-corrected chi connectivity index (χ4v) is 4.13. The van der Waals surface area contributed by atoms with Gasteiger partial charge in [0.2, 0.25) is 0 Å². The first-order valence-electron chi connectivity index (χ1n) is 9.44. The Morgan fingerprint density at radius 1 is 1.04 bits per heavy atom. The van der Waals surface area contributed by atoms with Crippen LogP contribution in [-0.2, 0) is 17.8 Å². The van der Waals surface area contributed by atoms with Crippen LogP contribution in [0.1, 0.15) is 67.4 Å². The van der Waals surface area contributed by atoms with Crippen molar-refractivity contribution in [3.8, 4) is 0 Å². The largest absolute Gasteiger partial charge is 0.457 e. The Hall–Kier alpha value is -2.62. The number of esters is 1. The number of ether oxygens (including phenoxy) is 1. The minimum absolute atomic E-state index is 0.0374. The molecule has 0 aliphatic carbocycles. The van der Waals surface area contributed by atoms with Crippen molar-refractivity contribution < 1.29 is 14.3 Å². The van der Waals surface area contributed by atoms with Crippen molar-refractivity contribution in [2.75, 3.05) is 11.9 Å². The maximum atomic E-state index is 12.7. The summed E-state index contributed by atoms with van der Waals surface area (Å²) in [5.41, 5.74) is 8.52. The van der Waals surface area contributed by atoms with E-state index in [1.165, 1.54) is 5.56 Å². The third-order valence-electron chi connectivity index (χ3n) is 5.41. The van der Waals surface area contributed by atoms with Crippen LogP contribution in [-0.4, -0.2) is 18.3 Å². The van der Waals surface area contributed by atoms with E-state index in [2.05, 4.69) is 5.32 Å². The molecular formula is C23H27NO3. The van der Waals surface area contributed by atoms with E-state index in [0.717, 1.165) is 58.5 Å². The molecule has 2 aromatic rings. The number of anilines is 1. The van der Waals surface area contributed by atoms with Crippen molar-refractivity contribution >= 4 is 17.4 Å². The first kappa shape index (κ1) is 19.2. The van der Waals surface area contributed by atoms with Gasteiger partial charge in [0, 0.05) is 17.8 Å². The normalized spacial score (nSPS) is 12.9. The van der Waals surface area contributed by atoms with E-state index in [-0.39, 0.29) is 18.4 Å². The molecule has 1 aliphatic rings. The molecular weight excluding hydrogens is 338 g/mol. The predicted octanol–water partition coefficient (Wildman–Crippen LogP) is 4.84. The Balaban J connectivity index is 1.84. The second-order valence-electron chi connectivity index (χ2n) is 7.48. The molecule has 0 radical (unpaired) electrons. The van der Waals surface area contributed by atoms with Crippen LogP contribution in [0.4, 0.5) is 5.69 Å². The van der Waals surface area contributed by atoms with Crippen LogP contribution in [0.15, 0.2) is 18.2 Å². The monoisotopic (exact) mass is 365 g/mol. The van der Waals surface area contributed by atoms with E-state index in [4.69, 9.17) is 4.74 Å². The number of nitrogens with one attached hydrogen (secondary N) is 1. The number of Topliss-reactive ketones (excluding diaryl/α,β-unsaturated/α-hetero) is 1. The molecule has 0 fully saturated rings. The molecule has 1 heterocycles. The Kier molecular flexibility index (Phi) is 5.36. The predicted molar refractivity (Wildman–Crippen MR) is 108 cm³/mol. The summed E-state index contributed by atoms with van der Waals surface area (Å²) in [5.74, 6) is -0.286. The number of ketones is 1. The number of benzene rings is 2. The van der Waals surface area contributed by atoms with Crippen LogP contribution >= 0.6 is 0 Å². The highest BCUT2D eigenvalue weighted by Crippen LogP contribution is 2.28. The van der Waals surface area contributed by atoms with Gasteiger partial charge in [-0.3, -0.25) is 4.79 Å². The molecule has 3 rings (SSSR count). The molecule has 0 amide bonds. The molecule has 0 saturated carbocycles. The second-order valence-corrected chi connectivity index (χ2v) is 7.48. The van der Waals surface area contributed by atoms with Crippen molar-refractivity contribution in [2.45, 2.75) is 54.1 Å². The molecule has 142 valence electrons. The van der Waals surface area contributed by atoms with Gasteiger partial charge in [0.25, 0.3) is 0 Å². The van der Waals surface area contributed by atoms with Crippen molar-refractivity contribution in [3.05, 3.63) is 62.7 Å². The van der Waals surface area contributed by atoms with Gasteiger partial charge in [0.15, 0.2) is 5.78 Å². The average molecular weight is 365 g/mol. The summed E-state index contributed by atoms with van der Waals surface area (Å²) in [6.07, 6.45) is 2.04. The summed E-state index contributed by atoms with van der Waals surface area (Å²) >= 11 is 0. The summed E-state index contributed by atoms with van der Waals surface area (Å²) in [4.78, 5) is 24.6. The highest BCUT2D eigenvalue weighted by Gasteiger charge is 2.18. The third-order valence-corrected chi connectivity index (χ3v) is 5.41. The quantitative estimate of drug-likeness (QED) is 0.622. The highest BCUT2D eigenvalue weighted by molar-refractivity contribution is 5.97. The first-order chi connectivity index (χ1) is 12.8. The Bertz CT molecular complexity index is 928. The summed E-state index contributed by atoms with van der Waals surface area (Å²) in [6.45, 7) is 10.6. The topological polar surface area (TPSA) is 55.4 Å². The standard InChI is InChI=1S/C23H27NO3/c1-13-9-14(2)21(17(5)25)16(4)20(13)12-27-23(26)19-10-15(3)22-18(11-19)7-6-8-24-22/h9-11,24H,6-8,12H2,1-5H3. The van der Waals surface area contributed by atoms with E-state index in [1.807, 2.05) is 45.9 Å². The Morgan fingerprint density at radius 2 is 1.78 bits per heavy atom. The van der Waals surface area contributed by atoms with Crippen LogP contribution in [0.5, 0.6) is 0 Å². The summed E-state index contributed by atoms with van der Waals surface area (Å²) in [7, 11) is 0. The van der Waals surface area contributed by atoms with Gasteiger partial charge in [-0.05, 0) is 93.0 Å². The van der Waals surface area contributed by atoms with E-state index in [1.54, 1.807) is 6.92 Å². The zero-order valence-electron chi connectivity index (χ0n) is 16.8. The Morgan fingerprint density at radius 3 is 2.48 bits per heavy atom. The maximum Gasteiger partial charge on any atom is 0.338 e. The molecule has 2 aromatic carbocycles. The van der Waals surface area contributed by atoms with Gasteiger partial charge in [-0.1, -0.05) is 6.07 Å². The van der Waals surface area contributed by atoms with Gasteiger partial charge in [0.1, 0.15) is 6.61 Å². The molecule has 0 atom stereocenters. The third kappa shape index (κ3) is 3.75. The molecule has 27 heavy (non-hydrogen) atoms. The van der Waals surface area contributed by atoms with E-state index >= 15 is 0 Å². The second kappa shape index (κ2) is 7.55. The number of hydrogen-bond acceptors (Lipinski definition) is 4. The number of carbonyl (C=O) groups excluding carboxylic acids is 2. The molecule has 1 aliphatic heterocycles. The van der Waals surface area contributed by atoms with Crippen molar-refractivity contribution in [1.29, 1.82) is 0 Å². The maximum absolute atomic E-state index is 12.7. The van der Waals surface area contributed by atoms with Gasteiger partial charge in [-0.2, -0.15) is 0 Å². The van der Waals surface area contributed by atoms with Crippen LogP contribution < -0.4 is 5.32 Å². The van der Waals surface area contributed by atoms with Crippen LogP contribution in [0, 0.1) is 27.7 Å². The van der Waals surface area contributed by atoms with Crippen LogP contribution in [0.25, 0.3) is 0 Å².